The van der Waals surface area contributed by atoms with Gasteiger partial charge in [-0.1, -0.05) is 13.8 Å². The van der Waals surface area contributed by atoms with E-state index in [1.54, 1.807) is 0 Å². The second-order valence-electron chi connectivity index (χ2n) is 7.45. The Morgan fingerprint density at radius 1 is 1.29 bits per heavy atom. The minimum atomic E-state index is 0.473. The Hall–Kier alpha value is -1.45. The number of nitrogen functional groups attached to an aromatic ring is 1. The topological polar surface area (TPSA) is 60.2 Å². The van der Waals surface area contributed by atoms with Crippen LogP contribution in [0.15, 0.2) is 12.1 Å². The summed E-state index contributed by atoms with van der Waals surface area (Å²) in [5.41, 5.74) is 6.58. The minimum Gasteiger partial charge on any atom is -0.476 e. The molecule has 0 saturated heterocycles. The highest BCUT2D eigenvalue weighted by molar-refractivity contribution is 5.54. The van der Waals surface area contributed by atoms with E-state index < -0.39 is 0 Å². The first-order valence-corrected chi connectivity index (χ1v) is 8.29. The fourth-order valence-corrected chi connectivity index (χ4v) is 4.58. The van der Waals surface area contributed by atoms with Crippen LogP contribution in [0.3, 0.4) is 0 Å². The molecular formula is C17H25N3O. The average molecular weight is 287 g/mol. The lowest BCUT2D eigenvalue weighted by atomic mass is 10.0. The summed E-state index contributed by atoms with van der Waals surface area (Å²) in [5, 5.41) is 3.63. The van der Waals surface area contributed by atoms with Gasteiger partial charge in [-0.25, -0.2) is 0 Å². The highest BCUT2D eigenvalue weighted by atomic mass is 16.5. The molecule has 3 aliphatic carbocycles. The van der Waals surface area contributed by atoms with Crippen molar-refractivity contribution in [3.05, 3.63) is 12.1 Å². The number of hydrogen-bond donors (Lipinski definition) is 2. The Balaban J connectivity index is 1.43. The van der Waals surface area contributed by atoms with E-state index in [1.165, 1.54) is 19.3 Å². The van der Waals surface area contributed by atoms with Crippen LogP contribution in [0.4, 0.5) is 11.5 Å². The molecule has 2 bridgehead atoms. The standard InChI is InChI=1S/C17H25N3O/c1-9(2)8-21-17-12(18)5-6-13(20-17)19-16-14-10-3-4-11(7-10)15(14)16/h5-6,9-11,14-16H,3-4,7-8,18H2,1-2H3,(H,19,20). The van der Waals surface area contributed by atoms with Crippen LogP contribution in [0.1, 0.15) is 33.1 Å². The Morgan fingerprint density at radius 3 is 2.67 bits per heavy atom. The SMILES string of the molecule is CC(C)COc1nc(NC2C3C4CCC(C4)C23)ccc1N. The van der Waals surface area contributed by atoms with E-state index >= 15 is 0 Å². The highest BCUT2D eigenvalue weighted by Crippen LogP contribution is 2.66. The van der Waals surface area contributed by atoms with Crippen LogP contribution in [0.2, 0.25) is 0 Å². The largest absolute Gasteiger partial charge is 0.476 e. The van der Waals surface area contributed by atoms with Crippen molar-refractivity contribution in [1.82, 2.24) is 4.98 Å². The molecule has 0 aromatic carbocycles. The van der Waals surface area contributed by atoms with Crippen LogP contribution in [-0.2, 0) is 0 Å². The number of rotatable bonds is 5. The molecule has 21 heavy (non-hydrogen) atoms. The normalized spacial score (nSPS) is 35.9. The first kappa shape index (κ1) is 13.2. The summed E-state index contributed by atoms with van der Waals surface area (Å²) in [6.07, 6.45) is 4.37. The number of hydrogen-bond acceptors (Lipinski definition) is 4. The van der Waals surface area contributed by atoms with Crippen molar-refractivity contribution in [3.63, 3.8) is 0 Å². The molecule has 4 atom stereocenters. The van der Waals surface area contributed by atoms with E-state index in [2.05, 4.69) is 24.1 Å². The quantitative estimate of drug-likeness (QED) is 0.873. The second kappa shape index (κ2) is 4.79. The zero-order valence-corrected chi connectivity index (χ0v) is 12.9. The zero-order chi connectivity index (χ0) is 14.6. The smallest absolute Gasteiger partial charge is 0.239 e. The van der Waals surface area contributed by atoms with E-state index in [9.17, 15) is 0 Å². The highest BCUT2D eigenvalue weighted by Gasteiger charge is 2.65. The Morgan fingerprint density at radius 2 is 2.00 bits per heavy atom. The molecule has 1 heterocycles. The van der Waals surface area contributed by atoms with Crippen molar-refractivity contribution in [3.8, 4) is 5.88 Å². The lowest BCUT2D eigenvalue weighted by Gasteiger charge is -2.14. The fraction of sp³-hybridized carbons (Fsp3) is 0.706. The number of nitrogens with two attached hydrogens (primary N) is 1. The molecule has 1 aromatic heterocycles. The summed E-state index contributed by atoms with van der Waals surface area (Å²) in [6.45, 7) is 4.90. The predicted octanol–water partition coefficient (Wildman–Crippen LogP) is 3.16. The molecule has 114 valence electrons. The summed E-state index contributed by atoms with van der Waals surface area (Å²) in [6, 6.07) is 4.52. The molecule has 3 N–H and O–H groups in total. The van der Waals surface area contributed by atoms with Gasteiger partial charge in [0, 0.05) is 6.04 Å². The fourth-order valence-electron chi connectivity index (χ4n) is 4.58. The number of pyridine rings is 1. The number of aromatic nitrogens is 1. The zero-order valence-electron chi connectivity index (χ0n) is 12.9. The predicted molar refractivity (Wildman–Crippen MR) is 84.2 cm³/mol. The van der Waals surface area contributed by atoms with Gasteiger partial charge in [0.25, 0.3) is 0 Å². The monoisotopic (exact) mass is 287 g/mol. The summed E-state index contributed by atoms with van der Waals surface area (Å²) in [5.74, 6) is 5.72. The summed E-state index contributed by atoms with van der Waals surface area (Å²) < 4.78 is 5.71. The van der Waals surface area contributed by atoms with Crippen molar-refractivity contribution in [2.75, 3.05) is 17.7 Å². The molecule has 4 unspecified atom stereocenters. The molecule has 0 aliphatic heterocycles. The van der Waals surface area contributed by atoms with Gasteiger partial charge in [-0.15, -0.1) is 0 Å². The number of nitrogens with zero attached hydrogens (tertiary/aromatic N) is 1. The van der Waals surface area contributed by atoms with Gasteiger partial charge in [0.05, 0.1) is 12.3 Å². The third kappa shape index (κ3) is 2.25. The van der Waals surface area contributed by atoms with Crippen LogP contribution in [0.25, 0.3) is 0 Å². The van der Waals surface area contributed by atoms with Crippen molar-refractivity contribution in [1.29, 1.82) is 0 Å². The number of anilines is 2. The Kier molecular flexibility index (Phi) is 3.02. The molecule has 3 aliphatic rings. The van der Waals surface area contributed by atoms with E-state index in [-0.39, 0.29) is 0 Å². The van der Waals surface area contributed by atoms with Crippen LogP contribution in [0, 0.1) is 29.6 Å². The first-order valence-electron chi connectivity index (χ1n) is 8.29. The third-order valence-corrected chi connectivity index (χ3v) is 5.49. The summed E-state index contributed by atoms with van der Waals surface area (Å²) in [4.78, 5) is 4.56. The molecule has 0 spiro atoms. The number of ether oxygens (including phenoxy) is 1. The van der Waals surface area contributed by atoms with Crippen molar-refractivity contribution in [2.24, 2.45) is 29.6 Å². The van der Waals surface area contributed by atoms with E-state index in [1.807, 2.05) is 12.1 Å². The molecule has 1 aromatic rings. The second-order valence-corrected chi connectivity index (χ2v) is 7.45. The Labute approximate surface area is 126 Å². The number of nitrogens with one attached hydrogen (secondary N) is 1. The van der Waals surface area contributed by atoms with Gasteiger partial charge >= 0.3 is 0 Å². The van der Waals surface area contributed by atoms with Gasteiger partial charge in [0.1, 0.15) is 5.82 Å². The number of fused-ring (bicyclic) bond motifs is 5. The van der Waals surface area contributed by atoms with Crippen LogP contribution < -0.4 is 15.8 Å². The van der Waals surface area contributed by atoms with E-state index in [4.69, 9.17) is 10.5 Å². The first-order chi connectivity index (χ1) is 10.1. The third-order valence-electron chi connectivity index (χ3n) is 5.49. The van der Waals surface area contributed by atoms with Crippen LogP contribution in [0.5, 0.6) is 5.88 Å². The van der Waals surface area contributed by atoms with Crippen LogP contribution in [-0.4, -0.2) is 17.6 Å². The van der Waals surface area contributed by atoms with Gasteiger partial charge in [-0.05, 0) is 61.0 Å². The maximum atomic E-state index is 5.95. The summed E-state index contributed by atoms with van der Waals surface area (Å²) >= 11 is 0. The maximum absolute atomic E-state index is 5.95. The lowest BCUT2D eigenvalue weighted by molar-refractivity contribution is 0.263. The molecule has 4 nitrogen and oxygen atoms in total. The molecule has 4 rings (SSSR count). The van der Waals surface area contributed by atoms with Crippen LogP contribution >= 0.6 is 0 Å². The summed E-state index contributed by atoms with van der Waals surface area (Å²) in [7, 11) is 0. The molecule has 3 saturated carbocycles. The maximum Gasteiger partial charge on any atom is 0.239 e. The lowest BCUT2D eigenvalue weighted by Crippen LogP contribution is -2.14. The molecule has 0 amide bonds. The molecule has 4 heteroatoms. The molecule has 0 radical (unpaired) electrons. The molecule has 3 fully saturated rings. The molecular weight excluding hydrogens is 262 g/mol. The van der Waals surface area contributed by atoms with Gasteiger partial charge < -0.3 is 15.8 Å². The van der Waals surface area contributed by atoms with Crippen molar-refractivity contribution >= 4 is 11.5 Å². The minimum absolute atomic E-state index is 0.473. The van der Waals surface area contributed by atoms with Gasteiger partial charge in [0.2, 0.25) is 5.88 Å². The van der Waals surface area contributed by atoms with Gasteiger partial charge in [-0.3, -0.25) is 0 Å². The Bertz CT molecular complexity index is 529. The van der Waals surface area contributed by atoms with Gasteiger partial charge in [-0.2, -0.15) is 4.98 Å². The van der Waals surface area contributed by atoms with Gasteiger partial charge in [0.15, 0.2) is 0 Å². The van der Waals surface area contributed by atoms with Crippen molar-refractivity contribution < 1.29 is 4.74 Å². The van der Waals surface area contributed by atoms with E-state index in [0.717, 1.165) is 29.5 Å². The average Bonchev–Trinajstić information content (AvgIpc) is 2.83. The van der Waals surface area contributed by atoms with Crippen molar-refractivity contribution in [2.45, 2.75) is 39.2 Å². The van der Waals surface area contributed by atoms with E-state index in [0.29, 0.717) is 30.1 Å².